The van der Waals surface area contributed by atoms with Crippen LogP contribution in [0.5, 0.6) is 0 Å². The zero-order valence-corrected chi connectivity index (χ0v) is 9.34. The van der Waals surface area contributed by atoms with Crippen molar-refractivity contribution < 1.29 is 19.5 Å². The number of nitrogens with zero attached hydrogens (tertiary/aromatic N) is 1. The number of aliphatic carboxylic acids is 1. The van der Waals surface area contributed by atoms with Crippen LogP contribution in [-0.4, -0.2) is 32.6 Å². The van der Waals surface area contributed by atoms with E-state index in [-0.39, 0.29) is 18.4 Å². The van der Waals surface area contributed by atoms with Gasteiger partial charge < -0.3 is 10.1 Å². The fourth-order valence-corrected chi connectivity index (χ4v) is 1.57. The molecular weight excluding hydrogens is 236 g/mol. The van der Waals surface area contributed by atoms with Crippen molar-refractivity contribution in [3.8, 4) is 0 Å². The first-order valence-electron chi connectivity index (χ1n) is 5.30. The molecule has 0 saturated carbocycles. The van der Waals surface area contributed by atoms with Crippen molar-refractivity contribution >= 4 is 28.6 Å². The summed E-state index contributed by atoms with van der Waals surface area (Å²) in [6, 6.07) is 4.66. The van der Waals surface area contributed by atoms with Gasteiger partial charge >= 0.3 is 5.97 Å². The Kier molecular flexibility index (Phi) is 3.18. The number of hydrogen-bond donors (Lipinski definition) is 2. The number of imidazole rings is 1. The monoisotopic (exact) mass is 246 g/mol. The zero-order valence-electron chi connectivity index (χ0n) is 9.34. The Morgan fingerprint density at radius 2 is 2.00 bits per heavy atom. The highest BCUT2D eigenvalue weighted by Gasteiger charge is 2.17. The average Bonchev–Trinajstić information content (AvgIpc) is 2.81. The second-order valence-electron chi connectivity index (χ2n) is 3.78. The van der Waals surface area contributed by atoms with Crippen LogP contribution in [0, 0.1) is 0 Å². The number of aromatic nitrogens is 2. The van der Waals surface area contributed by atoms with Crippen LogP contribution in [-0.2, 0) is 9.59 Å². The maximum Gasteiger partial charge on any atom is 0.303 e. The SMILES string of the molecule is O=C(O)CCC(=O)C(=O)c1ccc2nc[nH]c2c1. The predicted octanol–water partition coefficient (Wildman–Crippen LogP) is 1.18. The van der Waals surface area contributed by atoms with Gasteiger partial charge in [0.2, 0.25) is 11.6 Å². The number of fused-ring (bicyclic) bond motifs is 1. The number of carbonyl (C=O) groups is 3. The van der Waals surface area contributed by atoms with Crippen molar-refractivity contribution in [1.29, 1.82) is 0 Å². The molecule has 2 N–H and O–H groups in total. The number of H-pyrrole nitrogens is 1. The molecule has 6 heteroatoms. The van der Waals surface area contributed by atoms with Gasteiger partial charge in [0, 0.05) is 12.0 Å². The van der Waals surface area contributed by atoms with Gasteiger partial charge in [0.1, 0.15) is 0 Å². The molecule has 6 nitrogen and oxygen atoms in total. The van der Waals surface area contributed by atoms with Crippen molar-refractivity contribution in [1.82, 2.24) is 9.97 Å². The van der Waals surface area contributed by atoms with Crippen LogP contribution in [0.4, 0.5) is 0 Å². The normalized spacial score (nSPS) is 10.4. The van der Waals surface area contributed by atoms with Crippen molar-refractivity contribution in [3.05, 3.63) is 30.1 Å². The molecule has 2 rings (SSSR count). The van der Waals surface area contributed by atoms with Gasteiger partial charge in [-0.1, -0.05) is 0 Å². The molecule has 1 aromatic heterocycles. The minimum absolute atomic E-state index is 0.238. The fourth-order valence-electron chi connectivity index (χ4n) is 1.57. The first-order chi connectivity index (χ1) is 8.58. The highest BCUT2D eigenvalue weighted by Crippen LogP contribution is 2.13. The van der Waals surface area contributed by atoms with Crippen molar-refractivity contribution in [2.75, 3.05) is 0 Å². The third-order valence-electron chi connectivity index (χ3n) is 2.50. The van der Waals surface area contributed by atoms with Crippen LogP contribution in [0.2, 0.25) is 0 Å². The number of carboxylic acids is 1. The summed E-state index contributed by atoms with van der Waals surface area (Å²) in [6.45, 7) is 0. The van der Waals surface area contributed by atoms with Crippen LogP contribution in [0.25, 0.3) is 11.0 Å². The van der Waals surface area contributed by atoms with Gasteiger partial charge in [-0.15, -0.1) is 0 Å². The van der Waals surface area contributed by atoms with E-state index in [4.69, 9.17) is 5.11 Å². The van der Waals surface area contributed by atoms with E-state index in [0.717, 1.165) is 0 Å². The van der Waals surface area contributed by atoms with E-state index in [9.17, 15) is 14.4 Å². The van der Waals surface area contributed by atoms with Crippen LogP contribution < -0.4 is 0 Å². The van der Waals surface area contributed by atoms with E-state index >= 15 is 0 Å². The number of aromatic amines is 1. The smallest absolute Gasteiger partial charge is 0.303 e. The van der Waals surface area contributed by atoms with Gasteiger partial charge in [0.25, 0.3) is 0 Å². The molecule has 0 radical (unpaired) electrons. The van der Waals surface area contributed by atoms with Gasteiger partial charge in [0.15, 0.2) is 0 Å². The predicted molar refractivity (Wildman–Crippen MR) is 62.3 cm³/mol. The van der Waals surface area contributed by atoms with E-state index < -0.39 is 17.5 Å². The number of carboxylic acid groups (broad SMARTS) is 1. The molecule has 0 saturated heterocycles. The Morgan fingerprint density at radius 3 is 2.72 bits per heavy atom. The summed E-state index contributed by atoms with van der Waals surface area (Å²) in [4.78, 5) is 40.4. The molecule has 0 atom stereocenters. The van der Waals surface area contributed by atoms with E-state index in [2.05, 4.69) is 9.97 Å². The molecule has 0 fully saturated rings. The van der Waals surface area contributed by atoms with Gasteiger partial charge in [-0.05, 0) is 18.2 Å². The summed E-state index contributed by atoms with van der Waals surface area (Å²) in [7, 11) is 0. The van der Waals surface area contributed by atoms with Crippen LogP contribution in [0.3, 0.4) is 0 Å². The first-order valence-corrected chi connectivity index (χ1v) is 5.30. The largest absolute Gasteiger partial charge is 0.481 e. The third-order valence-corrected chi connectivity index (χ3v) is 2.50. The van der Waals surface area contributed by atoms with E-state index in [1.165, 1.54) is 18.5 Å². The highest BCUT2D eigenvalue weighted by atomic mass is 16.4. The second-order valence-corrected chi connectivity index (χ2v) is 3.78. The van der Waals surface area contributed by atoms with Crippen LogP contribution in [0.15, 0.2) is 24.5 Å². The number of nitrogens with one attached hydrogen (secondary N) is 1. The number of hydrogen-bond acceptors (Lipinski definition) is 4. The number of Topliss-reactive ketones (excluding diaryl/α,β-unsaturated/α-hetero) is 2. The Bertz CT molecular complexity index is 630. The molecule has 18 heavy (non-hydrogen) atoms. The number of ketones is 2. The van der Waals surface area contributed by atoms with E-state index in [1.807, 2.05) is 0 Å². The fraction of sp³-hybridized carbons (Fsp3) is 0.167. The lowest BCUT2D eigenvalue weighted by Gasteiger charge is -1.99. The summed E-state index contributed by atoms with van der Waals surface area (Å²) in [5, 5.41) is 8.45. The summed E-state index contributed by atoms with van der Waals surface area (Å²) >= 11 is 0. The molecule has 0 aliphatic rings. The lowest BCUT2D eigenvalue weighted by Crippen LogP contribution is -2.15. The quantitative estimate of drug-likeness (QED) is 0.609. The maximum atomic E-state index is 11.7. The number of benzene rings is 1. The summed E-state index contributed by atoms with van der Waals surface area (Å²) in [5.41, 5.74) is 1.60. The molecule has 0 aliphatic carbocycles. The third kappa shape index (κ3) is 2.42. The first kappa shape index (κ1) is 12.0. The van der Waals surface area contributed by atoms with Gasteiger partial charge in [0.05, 0.1) is 23.8 Å². The Hall–Kier alpha value is -2.50. The number of carbonyl (C=O) groups excluding carboxylic acids is 2. The second kappa shape index (κ2) is 4.79. The molecule has 0 spiro atoms. The topological polar surface area (TPSA) is 100 Å². The molecule has 92 valence electrons. The molecule has 1 aromatic carbocycles. The summed E-state index contributed by atoms with van der Waals surface area (Å²) in [5.74, 6) is -2.47. The minimum atomic E-state index is -1.10. The molecule has 0 aliphatic heterocycles. The van der Waals surface area contributed by atoms with Gasteiger partial charge in [-0.3, -0.25) is 14.4 Å². The molecule has 0 amide bonds. The van der Waals surface area contributed by atoms with Gasteiger partial charge in [-0.2, -0.15) is 0 Å². The molecule has 2 aromatic rings. The Labute approximate surface area is 102 Å². The maximum absolute atomic E-state index is 11.7. The van der Waals surface area contributed by atoms with Crippen LogP contribution in [0.1, 0.15) is 23.2 Å². The average molecular weight is 246 g/mol. The summed E-state index contributed by atoms with van der Waals surface area (Å²) < 4.78 is 0. The Balaban J connectivity index is 2.17. The van der Waals surface area contributed by atoms with Crippen molar-refractivity contribution in [2.45, 2.75) is 12.8 Å². The van der Waals surface area contributed by atoms with Crippen LogP contribution >= 0.6 is 0 Å². The van der Waals surface area contributed by atoms with Crippen molar-refractivity contribution in [3.63, 3.8) is 0 Å². The Morgan fingerprint density at radius 1 is 1.22 bits per heavy atom. The molecule has 1 heterocycles. The lowest BCUT2D eigenvalue weighted by molar-refractivity contribution is -0.138. The molecule has 0 unspecified atom stereocenters. The molecular formula is C12H10N2O4. The standard InChI is InChI=1S/C12H10N2O4/c15-10(3-4-11(16)17)12(18)7-1-2-8-9(5-7)14-6-13-8/h1-2,5-6H,3-4H2,(H,13,14)(H,16,17). The highest BCUT2D eigenvalue weighted by molar-refractivity contribution is 6.44. The molecule has 0 bridgehead atoms. The minimum Gasteiger partial charge on any atom is -0.481 e. The zero-order chi connectivity index (χ0) is 13.1. The summed E-state index contributed by atoms with van der Waals surface area (Å²) in [6.07, 6.45) is 0.872. The lowest BCUT2D eigenvalue weighted by atomic mass is 10.0. The van der Waals surface area contributed by atoms with E-state index in [0.29, 0.717) is 11.0 Å². The number of rotatable bonds is 5. The van der Waals surface area contributed by atoms with Crippen molar-refractivity contribution in [2.24, 2.45) is 0 Å². The van der Waals surface area contributed by atoms with Gasteiger partial charge in [-0.25, -0.2) is 4.98 Å². The van der Waals surface area contributed by atoms with E-state index in [1.54, 1.807) is 6.07 Å².